The minimum atomic E-state index is -3.88. The van der Waals surface area contributed by atoms with Crippen LogP contribution in [-0.2, 0) is 10.1 Å². The van der Waals surface area contributed by atoms with Gasteiger partial charge in [-0.05, 0) is 30.7 Å². The number of unbranched alkanes of at least 4 members (excludes halogenated alkanes) is 1. The Hall–Kier alpha value is -0.910. The highest BCUT2D eigenvalue weighted by molar-refractivity contribution is 7.85. The van der Waals surface area contributed by atoms with Gasteiger partial charge in [0.25, 0.3) is 10.1 Å². The summed E-state index contributed by atoms with van der Waals surface area (Å²) in [6, 6.07) is 7.76. The van der Waals surface area contributed by atoms with Gasteiger partial charge < -0.3 is 5.11 Å². The number of hydrogen-bond acceptors (Lipinski definition) is 3. The Bertz CT molecular complexity index is 535. The van der Waals surface area contributed by atoms with Crippen LogP contribution >= 0.6 is 0 Å². The Kier molecular flexibility index (Phi) is 5.74. The van der Waals surface area contributed by atoms with E-state index in [9.17, 15) is 13.5 Å². The molecule has 0 heterocycles. The van der Waals surface area contributed by atoms with E-state index in [2.05, 4.69) is 0 Å². The molecule has 0 fully saturated rings. The fraction of sp³-hybridized carbons (Fsp3) is 0.600. The van der Waals surface area contributed by atoms with Crippen LogP contribution in [0.2, 0.25) is 0 Å². The number of rotatable bonds is 7. The first-order valence-corrected chi connectivity index (χ1v) is 8.42. The molecule has 5 heteroatoms. The van der Waals surface area contributed by atoms with Crippen LogP contribution in [0.3, 0.4) is 0 Å². The number of hydrogen-bond donors (Lipinski definition) is 2. The van der Waals surface area contributed by atoms with Gasteiger partial charge in [-0.2, -0.15) is 8.42 Å². The van der Waals surface area contributed by atoms with Gasteiger partial charge in [0.05, 0.1) is 11.9 Å². The molecule has 1 atom stereocenters. The summed E-state index contributed by atoms with van der Waals surface area (Å²) in [5, 5.41) is 10.5. The van der Waals surface area contributed by atoms with Crippen molar-refractivity contribution in [3.8, 4) is 0 Å². The average molecular weight is 300 g/mol. The molecule has 0 saturated heterocycles. The maximum absolute atomic E-state index is 10.7. The predicted molar refractivity (Wildman–Crippen MR) is 80.2 cm³/mol. The normalized spacial score (nSPS) is 14.2. The second-order valence-corrected chi connectivity index (χ2v) is 7.62. The van der Waals surface area contributed by atoms with Crippen molar-refractivity contribution < 1.29 is 18.1 Å². The van der Waals surface area contributed by atoms with Crippen molar-refractivity contribution in [1.82, 2.24) is 0 Å². The predicted octanol–water partition coefficient (Wildman–Crippen LogP) is 3.11. The summed E-state index contributed by atoms with van der Waals surface area (Å²) in [5.41, 5.74) is 1.64. The average Bonchev–Trinajstić information content (AvgIpc) is 2.32. The molecule has 0 spiro atoms. The van der Waals surface area contributed by atoms with Crippen LogP contribution < -0.4 is 0 Å². The lowest BCUT2D eigenvalue weighted by Crippen LogP contribution is -2.22. The zero-order chi connectivity index (χ0) is 15.4. The Morgan fingerprint density at radius 2 is 1.90 bits per heavy atom. The van der Waals surface area contributed by atoms with Crippen molar-refractivity contribution in [2.45, 2.75) is 46.1 Å². The van der Waals surface area contributed by atoms with E-state index in [1.165, 1.54) is 0 Å². The highest BCUT2D eigenvalue weighted by atomic mass is 32.2. The van der Waals surface area contributed by atoms with E-state index < -0.39 is 16.2 Å². The summed E-state index contributed by atoms with van der Waals surface area (Å²) in [6.45, 7) is 5.91. The summed E-state index contributed by atoms with van der Waals surface area (Å²) in [4.78, 5) is 0. The molecule has 0 radical (unpaired) electrons. The van der Waals surface area contributed by atoms with Gasteiger partial charge in [0.15, 0.2) is 0 Å². The first-order chi connectivity index (χ1) is 9.12. The molecule has 2 N–H and O–H groups in total. The van der Waals surface area contributed by atoms with E-state index >= 15 is 0 Å². The molecule has 0 aliphatic carbocycles. The monoisotopic (exact) mass is 300 g/mol. The van der Waals surface area contributed by atoms with Crippen molar-refractivity contribution in [3.05, 3.63) is 35.4 Å². The summed E-state index contributed by atoms with van der Waals surface area (Å²) in [6.07, 6.45) is 1.16. The number of aryl methyl sites for hydroxylation is 1. The zero-order valence-electron chi connectivity index (χ0n) is 12.3. The smallest absolute Gasteiger partial charge is 0.264 e. The van der Waals surface area contributed by atoms with Gasteiger partial charge in [-0.3, -0.25) is 4.55 Å². The summed E-state index contributed by atoms with van der Waals surface area (Å²) >= 11 is 0. The van der Waals surface area contributed by atoms with Crippen molar-refractivity contribution in [2.75, 3.05) is 5.75 Å². The molecule has 0 amide bonds. The molecule has 20 heavy (non-hydrogen) atoms. The van der Waals surface area contributed by atoms with Gasteiger partial charge in [0.2, 0.25) is 0 Å². The van der Waals surface area contributed by atoms with Crippen LogP contribution in [-0.4, -0.2) is 23.8 Å². The number of benzene rings is 1. The van der Waals surface area contributed by atoms with Crippen LogP contribution in [0.4, 0.5) is 0 Å². The van der Waals surface area contributed by atoms with E-state index in [0.29, 0.717) is 19.3 Å². The SMILES string of the molecule is Cc1cccc(C(O)C(C)(C)CCCCS(=O)(=O)O)c1. The quantitative estimate of drug-likeness (QED) is 0.599. The lowest BCUT2D eigenvalue weighted by atomic mass is 9.78. The zero-order valence-corrected chi connectivity index (χ0v) is 13.2. The number of aliphatic hydroxyl groups is 1. The maximum atomic E-state index is 10.7. The van der Waals surface area contributed by atoms with Gasteiger partial charge in [-0.25, -0.2) is 0 Å². The van der Waals surface area contributed by atoms with Crippen molar-refractivity contribution in [3.63, 3.8) is 0 Å². The molecular formula is C15H24O4S. The summed E-state index contributed by atoms with van der Waals surface area (Å²) in [7, 11) is -3.88. The van der Waals surface area contributed by atoms with E-state index in [4.69, 9.17) is 4.55 Å². The van der Waals surface area contributed by atoms with E-state index in [0.717, 1.165) is 11.1 Å². The van der Waals surface area contributed by atoms with Gasteiger partial charge in [-0.15, -0.1) is 0 Å². The van der Waals surface area contributed by atoms with Crippen LogP contribution in [0.25, 0.3) is 0 Å². The molecule has 0 aromatic heterocycles. The van der Waals surface area contributed by atoms with Crippen molar-refractivity contribution >= 4 is 10.1 Å². The van der Waals surface area contributed by atoms with Crippen LogP contribution in [0.5, 0.6) is 0 Å². The lowest BCUT2D eigenvalue weighted by Gasteiger charge is -2.31. The summed E-state index contributed by atoms with van der Waals surface area (Å²) in [5.74, 6) is -0.219. The fourth-order valence-electron chi connectivity index (χ4n) is 2.29. The molecule has 0 aliphatic rings. The third kappa shape index (κ3) is 5.61. The molecule has 1 rings (SSSR count). The Balaban J connectivity index is 2.59. The molecule has 0 aliphatic heterocycles. The minimum absolute atomic E-state index is 0.219. The molecule has 1 aromatic carbocycles. The van der Waals surface area contributed by atoms with E-state index in [1.807, 2.05) is 45.0 Å². The lowest BCUT2D eigenvalue weighted by molar-refractivity contribution is 0.0414. The molecule has 0 bridgehead atoms. The Morgan fingerprint density at radius 3 is 2.45 bits per heavy atom. The van der Waals surface area contributed by atoms with Crippen LogP contribution in [0, 0.1) is 12.3 Å². The van der Waals surface area contributed by atoms with E-state index in [1.54, 1.807) is 0 Å². The fourth-order valence-corrected chi connectivity index (χ4v) is 2.86. The largest absolute Gasteiger partial charge is 0.388 e. The van der Waals surface area contributed by atoms with Gasteiger partial charge in [-0.1, -0.05) is 50.1 Å². The molecule has 114 valence electrons. The Labute approximate surface area is 121 Å². The second kappa shape index (κ2) is 6.70. The Morgan fingerprint density at radius 1 is 1.25 bits per heavy atom. The summed E-state index contributed by atoms with van der Waals surface area (Å²) < 4.78 is 30.0. The van der Waals surface area contributed by atoms with Crippen LogP contribution in [0.15, 0.2) is 24.3 Å². The van der Waals surface area contributed by atoms with Gasteiger partial charge in [0, 0.05) is 0 Å². The first kappa shape index (κ1) is 17.1. The minimum Gasteiger partial charge on any atom is -0.388 e. The highest BCUT2D eigenvalue weighted by Crippen LogP contribution is 2.37. The number of aliphatic hydroxyl groups excluding tert-OH is 1. The molecular weight excluding hydrogens is 276 g/mol. The van der Waals surface area contributed by atoms with Gasteiger partial charge in [0.1, 0.15) is 0 Å². The molecule has 0 saturated carbocycles. The standard InChI is InChI=1S/C15H24O4S/c1-12-7-6-8-13(11-12)14(16)15(2,3)9-4-5-10-20(17,18)19/h6-8,11,14,16H,4-5,9-10H2,1-3H3,(H,17,18,19). The van der Waals surface area contributed by atoms with Gasteiger partial charge >= 0.3 is 0 Å². The highest BCUT2D eigenvalue weighted by Gasteiger charge is 2.28. The van der Waals surface area contributed by atoms with Crippen LogP contribution in [0.1, 0.15) is 50.3 Å². The molecule has 1 unspecified atom stereocenters. The topological polar surface area (TPSA) is 74.6 Å². The molecule has 1 aromatic rings. The van der Waals surface area contributed by atoms with E-state index in [-0.39, 0.29) is 11.2 Å². The van der Waals surface area contributed by atoms with Crippen molar-refractivity contribution in [1.29, 1.82) is 0 Å². The second-order valence-electron chi connectivity index (χ2n) is 6.05. The maximum Gasteiger partial charge on any atom is 0.264 e. The third-order valence-corrected chi connectivity index (χ3v) is 4.38. The first-order valence-electron chi connectivity index (χ1n) is 6.82. The molecule has 4 nitrogen and oxygen atoms in total. The van der Waals surface area contributed by atoms with Crippen molar-refractivity contribution in [2.24, 2.45) is 5.41 Å². The third-order valence-electron chi connectivity index (χ3n) is 3.57.